The number of rotatable bonds is 8. The Kier molecular flexibility index (Phi) is 6.82. The number of nitrogens with zero attached hydrogens (tertiary/aromatic N) is 1. The number of amides is 1. The van der Waals surface area contributed by atoms with Gasteiger partial charge in [0, 0.05) is 25.6 Å². The topological polar surface area (TPSA) is 78.9 Å². The number of carbonyl (C=O) groups is 2. The van der Waals surface area contributed by atoms with E-state index in [2.05, 4.69) is 19.2 Å². The van der Waals surface area contributed by atoms with Crippen molar-refractivity contribution in [2.45, 2.75) is 32.7 Å². The SMILES string of the molecule is COc1ccccc1CCC(=O)N[C@@H]1CN(CC(=O)O)C[C@H]1C(C)C. The molecule has 0 aromatic heterocycles. The second kappa shape index (κ2) is 8.85. The minimum Gasteiger partial charge on any atom is -0.496 e. The molecule has 1 heterocycles. The predicted molar refractivity (Wildman–Crippen MR) is 95.6 cm³/mol. The van der Waals surface area contributed by atoms with Crippen LogP contribution in [0.5, 0.6) is 5.75 Å². The summed E-state index contributed by atoms with van der Waals surface area (Å²) in [6.07, 6.45) is 1.01. The van der Waals surface area contributed by atoms with Crippen LogP contribution < -0.4 is 10.1 Å². The summed E-state index contributed by atoms with van der Waals surface area (Å²) in [6.45, 7) is 5.56. The van der Waals surface area contributed by atoms with Crippen LogP contribution in [-0.4, -0.2) is 54.7 Å². The number of hydrogen-bond donors (Lipinski definition) is 2. The average molecular weight is 348 g/mol. The molecule has 1 aromatic rings. The first-order valence-corrected chi connectivity index (χ1v) is 8.76. The molecule has 1 aliphatic rings. The van der Waals surface area contributed by atoms with E-state index >= 15 is 0 Å². The van der Waals surface area contributed by atoms with E-state index in [-0.39, 0.29) is 24.4 Å². The number of hydrogen-bond acceptors (Lipinski definition) is 4. The Labute approximate surface area is 149 Å². The van der Waals surface area contributed by atoms with E-state index in [9.17, 15) is 9.59 Å². The van der Waals surface area contributed by atoms with Crippen molar-refractivity contribution in [2.24, 2.45) is 11.8 Å². The van der Waals surface area contributed by atoms with Crippen molar-refractivity contribution in [1.82, 2.24) is 10.2 Å². The fraction of sp³-hybridized carbons (Fsp3) is 0.579. The molecular weight excluding hydrogens is 320 g/mol. The van der Waals surface area contributed by atoms with Gasteiger partial charge in [-0.25, -0.2) is 0 Å². The molecule has 2 N–H and O–H groups in total. The lowest BCUT2D eigenvalue weighted by molar-refractivity contribution is -0.138. The van der Waals surface area contributed by atoms with Gasteiger partial charge in [0.2, 0.25) is 5.91 Å². The molecule has 0 unspecified atom stereocenters. The van der Waals surface area contributed by atoms with E-state index in [0.29, 0.717) is 31.8 Å². The fourth-order valence-electron chi connectivity index (χ4n) is 3.50. The Bertz CT molecular complexity index is 603. The summed E-state index contributed by atoms with van der Waals surface area (Å²) in [6, 6.07) is 7.71. The van der Waals surface area contributed by atoms with Crippen molar-refractivity contribution >= 4 is 11.9 Å². The van der Waals surface area contributed by atoms with E-state index in [1.807, 2.05) is 29.2 Å². The standard InChI is InChI=1S/C19H28N2O4/c1-13(2)15-10-21(12-19(23)24)11-16(15)20-18(22)9-8-14-6-4-5-7-17(14)25-3/h4-7,13,15-16H,8-12H2,1-3H3,(H,20,22)(H,23,24)/t15-,16+/m0/s1. The summed E-state index contributed by atoms with van der Waals surface area (Å²) in [4.78, 5) is 25.2. The van der Waals surface area contributed by atoms with Crippen molar-refractivity contribution in [3.8, 4) is 5.75 Å². The van der Waals surface area contributed by atoms with Crippen LogP contribution in [0.25, 0.3) is 0 Å². The molecule has 1 amide bonds. The Morgan fingerprint density at radius 3 is 2.68 bits per heavy atom. The third kappa shape index (κ3) is 5.46. The van der Waals surface area contributed by atoms with E-state index < -0.39 is 5.97 Å². The maximum Gasteiger partial charge on any atom is 0.317 e. The molecule has 0 radical (unpaired) electrons. The summed E-state index contributed by atoms with van der Waals surface area (Å²) in [5.41, 5.74) is 1.01. The zero-order chi connectivity index (χ0) is 18.4. The van der Waals surface area contributed by atoms with Crippen LogP contribution in [0.3, 0.4) is 0 Å². The van der Waals surface area contributed by atoms with Crippen LogP contribution in [0, 0.1) is 11.8 Å². The molecule has 1 aliphatic heterocycles. The largest absolute Gasteiger partial charge is 0.496 e. The Morgan fingerprint density at radius 1 is 1.32 bits per heavy atom. The van der Waals surface area contributed by atoms with Crippen LogP contribution in [-0.2, 0) is 16.0 Å². The number of aryl methyl sites for hydroxylation is 1. The quantitative estimate of drug-likeness (QED) is 0.749. The van der Waals surface area contributed by atoms with E-state index in [4.69, 9.17) is 9.84 Å². The molecule has 1 aromatic carbocycles. The molecular formula is C19H28N2O4. The maximum atomic E-state index is 12.4. The van der Waals surface area contributed by atoms with Gasteiger partial charge in [-0.2, -0.15) is 0 Å². The van der Waals surface area contributed by atoms with Gasteiger partial charge < -0.3 is 15.2 Å². The lowest BCUT2D eigenvalue weighted by Crippen LogP contribution is -2.42. The molecule has 1 saturated heterocycles. The van der Waals surface area contributed by atoms with Crippen molar-refractivity contribution in [2.75, 3.05) is 26.7 Å². The van der Waals surface area contributed by atoms with Crippen molar-refractivity contribution < 1.29 is 19.4 Å². The number of likely N-dealkylation sites (tertiary alicyclic amines) is 1. The number of carboxylic acid groups (broad SMARTS) is 1. The van der Waals surface area contributed by atoms with E-state index in [1.54, 1.807) is 7.11 Å². The molecule has 6 nitrogen and oxygen atoms in total. The van der Waals surface area contributed by atoms with Crippen LogP contribution in [0.1, 0.15) is 25.8 Å². The summed E-state index contributed by atoms with van der Waals surface area (Å²) in [5.74, 6) is 0.626. The first kappa shape index (κ1) is 19.2. The van der Waals surface area contributed by atoms with Gasteiger partial charge in [-0.05, 0) is 29.9 Å². The molecule has 6 heteroatoms. The number of ether oxygens (including phenoxy) is 1. The third-order valence-electron chi connectivity index (χ3n) is 4.82. The van der Waals surface area contributed by atoms with Gasteiger partial charge in [-0.3, -0.25) is 14.5 Å². The zero-order valence-corrected chi connectivity index (χ0v) is 15.2. The normalized spacial score (nSPS) is 20.6. The molecule has 0 bridgehead atoms. The summed E-state index contributed by atoms with van der Waals surface area (Å²) in [7, 11) is 1.63. The number of carbonyl (C=O) groups excluding carboxylic acids is 1. The number of para-hydroxylation sites is 1. The number of carboxylic acids is 1. The van der Waals surface area contributed by atoms with Crippen LogP contribution in [0.15, 0.2) is 24.3 Å². The summed E-state index contributed by atoms with van der Waals surface area (Å²) >= 11 is 0. The molecule has 0 aliphatic carbocycles. The van der Waals surface area contributed by atoms with Crippen molar-refractivity contribution in [3.05, 3.63) is 29.8 Å². The van der Waals surface area contributed by atoms with Crippen molar-refractivity contribution in [1.29, 1.82) is 0 Å². The zero-order valence-electron chi connectivity index (χ0n) is 15.2. The first-order chi connectivity index (χ1) is 11.9. The first-order valence-electron chi connectivity index (χ1n) is 8.76. The monoisotopic (exact) mass is 348 g/mol. The highest BCUT2D eigenvalue weighted by molar-refractivity contribution is 5.76. The highest BCUT2D eigenvalue weighted by Crippen LogP contribution is 2.24. The average Bonchev–Trinajstić information content (AvgIpc) is 2.94. The van der Waals surface area contributed by atoms with Crippen molar-refractivity contribution in [3.63, 3.8) is 0 Å². The fourth-order valence-corrected chi connectivity index (χ4v) is 3.50. The van der Waals surface area contributed by atoms with Crippen LogP contribution in [0.2, 0.25) is 0 Å². The minimum absolute atomic E-state index is 0.00117. The number of methoxy groups -OCH3 is 1. The molecule has 0 spiro atoms. The van der Waals surface area contributed by atoms with Gasteiger partial charge in [0.05, 0.1) is 13.7 Å². The Balaban J connectivity index is 1.90. The van der Waals surface area contributed by atoms with Gasteiger partial charge in [0.15, 0.2) is 0 Å². The van der Waals surface area contributed by atoms with E-state index in [1.165, 1.54) is 0 Å². The third-order valence-corrected chi connectivity index (χ3v) is 4.82. The van der Waals surface area contributed by atoms with E-state index in [0.717, 1.165) is 11.3 Å². The minimum atomic E-state index is -0.828. The van der Waals surface area contributed by atoms with Gasteiger partial charge in [0.25, 0.3) is 0 Å². The summed E-state index contributed by atoms with van der Waals surface area (Å²) in [5, 5.41) is 12.1. The summed E-state index contributed by atoms with van der Waals surface area (Å²) < 4.78 is 5.32. The molecule has 1 fully saturated rings. The van der Waals surface area contributed by atoms with Gasteiger partial charge in [0.1, 0.15) is 5.75 Å². The molecule has 2 atom stereocenters. The Hall–Kier alpha value is -2.08. The highest BCUT2D eigenvalue weighted by Gasteiger charge is 2.36. The maximum absolute atomic E-state index is 12.4. The second-order valence-corrected chi connectivity index (χ2v) is 6.98. The van der Waals surface area contributed by atoms with Gasteiger partial charge in [-0.1, -0.05) is 32.0 Å². The Morgan fingerprint density at radius 2 is 2.04 bits per heavy atom. The second-order valence-electron chi connectivity index (χ2n) is 6.98. The molecule has 2 rings (SSSR count). The predicted octanol–water partition coefficient (Wildman–Crippen LogP) is 1.78. The van der Waals surface area contributed by atoms with Crippen LogP contribution in [0.4, 0.5) is 0 Å². The molecule has 138 valence electrons. The lowest BCUT2D eigenvalue weighted by atomic mass is 9.91. The number of nitrogens with one attached hydrogen (secondary N) is 1. The molecule has 25 heavy (non-hydrogen) atoms. The van der Waals surface area contributed by atoms with Gasteiger partial charge in [-0.15, -0.1) is 0 Å². The number of aliphatic carboxylic acids is 1. The highest BCUT2D eigenvalue weighted by atomic mass is 16.5. The number of benzene rings is 1. The molecule has 0 saturated carbocycles. The van der Waals surface area contributed by atoms with Gasteiger partial charge >= 0.3 is 5.97 Å². The van der Waals surface area contributed by atoms with Crippen LogP contribution >= 0.6 is 0 Å². The smallest absolute Gasteiger partial charge is 0.317 e. The lowest BCUT2D eigenvalue weighted by Gasteiger charge is -2.23.